The summed E-state index contributed by atoms with van der Waals surface area (Å²) in [6, 6.07) is 5.36. The maximum Gasteiger partial charge on any atom is 0.175 e. The Morgan fingerprint density at radius 3 is 2.33 bits per heavy atom. The third-order valence-electron chi connectivity index (χ3n) is 2.34. The van der Waals surface area contributed by atoms with Crippen LogP contribution in [0.25, 0.3) is 0 Å². The highest BCUT2D eigenvalue weighted by molar-refractivity contribution is 6.31. The second-order valence-electron chi connectivity index (χ2n) is 3.37. The number of ether oxygens (including phenoxy) is 2. The Morgan fingerprint density at radius 2 is 1.87 bits per heavy atom. The van der Waals surface area contributed by atoms with Crippen molar-refractivity contribution in [2.45, 2.75) is 19.3 Å². The van der Waals surface area contributed by atoms with Gasteiger partial charge in [-0.05, 0) is 24.1 Å². The zero-order valence-electron chi connectivity index (χ0n) is 9.16. The molecule has 0 aromatic heterocycles. The molecule has 0 spiro atoms. The summed E-state index contributed by atoms with van der Waals surface area (Å²) >= 11 is 6.01. The molecule has 2 N–H and O–H groups in total. The molecule has 0 bridgehead atoms. The van der Waals surface area contributed by atoms with Crippen LogP contribution in [0, 0.1) is 6.92 Å². The summed E-state index contributed by atoms with van der Waals surface area (Å²) in [4.78, 5) is 0. The van der Waals surface area contributed by atoms with Gasteiger partial charge in [-0.15, -0.1) is 0 Å². The molecule has 1 rings (SSSR count). The molecule has 0 radical (unpaired) electrons. The first kappa shape index (κ1) is 12.5. The van der Waals surface area contributed by atoms with Crippen LogP contribution in [0.3, 0.4) is 0 Å². The van der Waals surface area contributed by atoms with Gasteiger partial charge in [0, 0.05) is 19.2 Å². The molecule has 4 heteroatoms. The van der Waals surface area contributed by atoms with Gasteiger partial charge in [0.15, 0.2) is 6.29 Å². The molecular formula is C11H16ClNO2. The van der Waals surface area contributed by atoms with Crippen LogP contribution in [0.15, 0.2) is 18.2 Å². The minimum absolute atomic E-state index is 0.335. The monoisotopic (exact) mass is 229 g/mol. The average molecular weight is 230 g/mol. The topological polar surface area (TPSA) is 44.5 Å². The fourth-order valence-corrected chi connectivity index (χ4v) is 1.55. The van der Waals surface area contributed by atoms with Crippen LogP contribution >= 0.6 is 11.6 Å². The van der Waals surface area contributed by atoms with Gasteiger partial charge in [-0.25, -0.2) is 0 Å². The fraction of sp³-hybridized carbons (Fsp3) is 0.455. The van der Waals surface area contributed by atoms with E-state index >= 15 is 0 Å². The van der Waals surface area contributed by atoms with Crippen LogP contribution < -0.4 is 5.73 Å². The largest absolute Gasteiger partial charge is 0.354 e. The second kappa shape index (κ2) is 5.47. The Labute approximate surface area is 95.1 Å². The molecule has 0 amide bonds. The summed E-state index contributed by atoms with van der Waals surface area (Å²) in [7, 11) is 3.12. The predicted molar refractivity (Wildman–Crippen MR) is 60.9 cm³/mol. The molecule has 0 aliphatic rings. The van der Waals surface area contributed by atoms with Crippen LogP contribution in [0.4, 0.5) is 0 Å². The van der Waals surface area contributed by atoms with Crippen molar-refractivity contribution in [3.05, 3.63) is 34.3 Å². The Hall–Kier alpha value is -0.610. The molecule has 84 valence electrons. The zero-order chi connectivity index (χ0) is 11.4. The molecule has 1 aromatic rings. The summed E-state index contributed by atoms with van der Waals surface area (Å²) in [5.41, 5.74) is 7.90. The van der Waals surface area contributed by atoms with Crippen molar-refractivity contribution in [2.75, 3.05) is 14.2 Å². The van der Waals surface area contributed by atoms with Crippen molar-refractivity contribution in [3.8, 4) is 0 Å². The molecule has 1 unspecified atom stereocenters. The normalized spacial score (nSPS) is 13.2. The number of nitrogens with two attached hydrogens (primary N) is 1. The van der Waals surface area contributed by atoms with E-state index in [2.05, 4.69) is 0 Å². The van der Waals surface area contributed by atoms with Gasteiger partial charge >= 0.3 is 0 Å². The maximum atomic E-state index is 6.01. The number of hydrogen-bond acceptors (Lipinski definition) is 3. The van der Waals surface area contributed by atoms with Gasteiger partial charge in [-0.2, -0.15) is 0 Å². The second-order valence-corrected chi connectivity index (χ2v) is 3.78. The van der Waals surface area contributed by atoms with Gasteiger partial charge < -0.3 is 15.2 Å². The zero-order valence-corrected chi connectivity index (χ0v) is 9.91. The van der Waals surface area contributed by atoms with Crippen molar-refractivity contribution >= 4 is 11.6 Å². The summed E-state index contributed by atoms with van der Waals surface area (Å²) in [5, 5.41) is 0.703. The Kier molecular flexibility index (Phi) is 4.54. The van der Waals surface area contributed by atoms with Crippen LogP contribution in [0.5, 0.6) is 0 Å². The predicted octanol–water partition coefficient (Wildman–Crippen LogP) is 2.27. The average Bonchev–Trinajstić information content (AvgIpc) is 2.23. The third kappa shape index (κ3) is 2.92. The molecule has 0 aliphatic carbocycles. The highest BCUT2D eigenvalue weighted by atomic mass is 35.5. The standard InChI is InChI=1S/C11H16ClNO2/c1-7-4-5-8(6-9(7)12)10(13)11(14-2)15-3/h4-6,10-11H,13H2,1-3H3. The van der Waals surface area contributed by atoms with Gasteiger partial charge in [0.05, 0.1) is 6.04 Å². The lowest BCUT2D eigenvalue weighted by Gasteiger charge is -2.21. The van der Waals surface area contributed by atoms with E-state index in [1.54, 1.807) is 14.2 Å². The molecule has 1 atom stereocenters. The fourth-order valence-electron chi connectivity index (χ4n) is 1.36. The van der Waals surface area contributed by atoms with Crippen molar-refractivity contribution in [1.82, 2.24) is 0 Å². The van der Waals surface area contributed by atoms with Crippen molar-refractivity contribution < 1.29 is 9.47 Å². The van der Waals surface area contributed by atoms with Crippen molar-refractivity contribution in [3.63, 3.8) is 0 Å². The van der Waals surface area contributed by atoms with Crippen LogP contribution in [-0.4, -0.2) is 20.5 Å². The molecular weight excluding hydrogens is 214 g/mol. The number of benzene rings is 1. The van der Waals surface area contributed by atoms with Gasteiger partial charge in [0.25, 0.3) is 0 Å². The lowest BCUT2D eigenvalue weighted by Crippen LogP contribution is -2.29. The van der Waals surface area contributed by atoms with E-state index < -0.39 is 6.29 Å². The van der Waals surface area contributed by atoms with E-state index in [0.717, 1.165) is 11.1 Å². The first-order chi connectivity index (χ1) is 7.10. The van der Waals surface area contributed by atoms with Crippen molar-refractivity contribution in [1.29, 1.82) is 0 Å². The molecule has 0 fully saturated rings. The van der Waals surface area contributed by atoms with E-state index in [1.165, 1.54) is 0 Å². The number of halogens is 1. The quantitative estimate of drug-likeness (QED) is 0.806. The van der Waals surface area contributed by atoms with Gasteiger partial charge in [-0.1, -0.05) is 23.7 Å². The number of hydrogen-bond donors (Lipinski definition) is 1. The van der Waals surface area contributed by atoms with Crippen LogP contribution in [0.1, 0.15) is 17.2 Å². The summed E-state index contributed by atoms with van der Waals surface area (Å²) in [6.07, 6.45) is -0.455. The number of methoxy groups -OCH3 is 2. The van der Waals surface area contributed by atoms with Crippen LogP contribution in [-0.2, 0) is 9.47 Å². The van der Waals surface area contributed by atoms with E-state index in [0.29, 0.717) is 5.02 Å². The SMILES string of the molecule is COC(OC)C(N)c1ccc(C)c(Cl)c1. The molecule has 3 nitrogen and oxygen atoms in total. The lowest BCUT2D eigenvalue weighted by atomic mass is 10.1. The first-order valence-electron chi connectivity index (χ1n) is 4.67. The van der Waals surface area contributed by atoms with Gasteiger partial charge in [0.2, 0.25) is 0 Å². The highest BCUT2D eigenvalue weighted by Gasteiger charge is 2.18. The summed E-state index contributed by atoms with van der Waals surface area (Å²) < 4.78 is 10.2. The molecule has 15 heavy (non-hydrogen) atoms. The van der Waals surface area contributed by atoms with E-state index in [-0.39, 0.29) is 6.04 Å². The van der Waals surface area contributed by atoms with E-state index in [4.69, 9.17) is 26.8 Å². The highest BCUT2D eigenvalue weighted by Crippen LogP contribution is 2.23. The molecule has 0 heterocycles. The van der Waals surface area contributed by atoms with E-state index in [9.17, 15) is 0 Å². The summed E-state index contributed by atoms with van der Waals surface area (Å²) in [6.45, 7) is 1.95. The minimum Gasteiger partial charge on any atom is -0.354 e. The van der Waals surface area contributed by atoms with Crippen LogP contribution in [0.2, 0.25) is 5.02 Å². The summed E-state index contributed by atoms with van der Waals surface area (Å²) in [5.74, 6) is 0. The smallest absolute Gasteiger partial charge is 0.175 e. The molecule has 0 saturated carbocycles. The van der Waals surface area contributed by atoms with E-state index in [1.807, 2.05) is 25.1 Å². The number of aryl methyl sites for hydroxylation is 1. The Morgan fingerprint density at radius 1 is 1.27 bits per heavy atom. The lowest BCUT2D eigenvalue weighted by molar-refractivity contribution is -0.117. The maximum absolute atomic E-state index is 6.01. The molecule has 0 aliphatic heterocycles. The minimum atomic E-state index is -0.455. The Balaban J connectivity index is 2.90. The number of rotatable bonds is 4. The Bertz CT molecular complexity index is 326. The van der Waals surface area contributed by atoms with Gasteiger partial charge in [-0.3, -0.25) is 0 Å². The first-order valence-corrected chi connectivity index (χ1v) is 5.05. The third-order valence-corrected chi connectivity index (χ3v) is 2.75. The molecule has 1 aromatic carbocycles. The van der Waals surface area contributed by atoms with Gasteiger partial charge in [0.1, 0.15) is 0 Å². The van der Waals surface area contributed by atoms with Crippen molar-refractivity contribution in [2.24, 2.45) is 5.73 Å². The molecule has 0 saturated heterocycles.